The summed E-state index contributed by atoms with van der Waals surface area (Å²) < 4.78 is 53.8. The molecule has 2 aromatic heterocycles. The molecular weight excluding hydrogens is 568 g/mol. The van der Waals surface area contributed by atoms with Crippen LogP contribution in [0.3, 0.4) is 0 Å². The fourth-order valence-electron chi connectivity index (χ4n) is 5.15. The van der Waals surface area contributed by atoms with Crippen LogP contribution >= 0.6 is 23.2 Å². The molecule has 206 valence electrons. The number of carboxylic acid groups (broad SMARTS) is 1. The van der Waals surface area contributed by atoms with Gasteiger partial charge in [0, 0.05) is 17.5 Å². The predicted octanol–water partition coefficient (Wildman–Crippen LogP) is 8.49. The van der Waals surface area contributed by atoms with Gasteiger partial charge in [-0.3, -0.25) is 0 Å². The number of halogens is 5. The molecule has 2 aliphatic carbocycles. The number of pyridine rings is 1. The minimum Gasteiger partial charge on any atom is -0.478 e. The quantitative estimate of drug-likeness (QED) is 0.222. The Morgan fingerprint density at radius 2 is 1.70 bits per heavy atom. The van der Waals surface area contributed by atoms with Crippen LogP contribution in [0.4, 0.5) is 13.2 Å². The Hall–Kier alpha value is -3.56. The maximum Gasteiger partial charge on any atom is 0.433 e. The van der Waals surface area contributed by atoms with Crippen molar-refractivity contribution in [2.75, 3.05) is 0 Å². The van der Waals surface area contributed by atoms with Crippen LogP contribution in [0, 0.1) is 0 Å². The van der Waals surface area contributed by atoms with Gasteiger partial charge in [-0.2, -0.15) is 13.2 Å². The summed E-state index contributed by atoms with van der Waals surface area (Å²) in [4.78, 5) is 15.5. The van der Waals surface area contributed by atoms with Crippen molar-refractivity contribution in [2.45, 2.75) is 49.8 Å². The van der Waals surface area contributed by atoms with Crippen molar-refractivity contribution < 1.29 is 32.3 Å². The smallest absolute Gasteiger partial charge is 0.433 e. The lowest BCUT2D eigenvalue weighted by atomic mass is 9.99. The zero-order valence-corrected chi connectivity index (χ0v) is 22.2. The van der Waals surface area contributed by atoms with Crippen LogP contribution in [0.1, 0.15) is 75.5 Å². The van der Waals surface area contributed by atoms with Gasteiger partial charge in [0.2, 0.25) is 5.88 Å². The number of nitrogens with zero attached hydrogens (tertiary/aromatic N) is 2. The molecule has 2 fully saturated rings. The Bertz CT molecular complexity index is 1600. The largest absolute Gasteiger partial charge is 0.478 e. The van der Waals surface area contributed by atoms with Crippen molar-refractivity contribution in [3.05, 3.63) is 98.4 Å². The van der Waals surface area contributed by atoms with Crippen molar-refractivity contribution in [2.24, 2.45) is 0 Å². The molecule has 0 aliphatic heterocycles. The van der Waals surface area contributed by atoms with E-state index in [2.05, 4.69) is 10.1 Å². The van der Waals surface area contributed by atoms with Gasteiger partial charge in [-0.15, -0.1) is 0 Å². The lowest BCUT2D eigenvalue weighted by Gasteiger charge is -2.15. The zero-order valence-electron chi connectivity index (χ0n) is 20.7. The number of rotatable bonds is 8. The first-order valence-corrected chi connectivity index (χ1v) is 13.3. The summed E-state index contributed by atoms with van der Waals surface area (Å²) in [6, 6.07) is 14.2. The van der Waals surface area contributed by atoms with E-state index < -0.39 is 23.8 Å². The van der Waals surface area contributed by atoms with Crippen molar-refractivity contribution in [1.29, 1.82) is 0 Å². The minimum atomic E-state index is -4.74. The Kier molecular flexibility index (Phi) is 6.74. The van der Waals surface area contributed by atoms with Crippen LogP contribution in [0.15, 0.2) is 59.1 Å². The Labute approximate surface area is 236 Å². The number of benzene rings is 2. The zero-order chi connectivity index (χ0) is 28.2. The molecule has 11 heteroatoms. The lowest BCUT2D eigenvalue weighted by Crippen LogP contribution is -2.13. The molecule has 2 unspecified atom stereocenters. The Morgan fingerprint density at radius 3 is 2.38 bits per heavy atom. The van der Waals surface area contributed by atoms with Crippen LogP contribution in [-0.4, -0.2) is 21.2 Å². The standard InChI is InChI=1S/C29H21Cl2F3N2O4/c30-21-6-3-7-22(31)24(21)25-20(26(40-36-25)14-8-9-14)13-39-23-11-10-16(27(35-23)29(32,33)34)19-12-18(19)15-4-1-2-5-17(15)28(37)38/h1-7,10-11,14,18-19H,8-9,12-13H2,(H,37,38). The molecule has 6 rings (SSSR count). The lowest BCUT2D eigenvalue weighted by molar-refractivity contribution is -0.142. The summed E-state index contributed by atoms with van der Waals surface area (Å²) in [7, 11) is 0. The Balaban J connectivity index is 1.29. The molecule has 2 heterocycles. The fourth-order valence-corrected chi connectivity index (χ4v) is 5.73. The van der Waals surface area contributed by atoms with Crippen LogP contribution in [-0.2, 0) is 12.8 Å². The van der Waals surface area contributed by atoms with E-state index in [1.54, 1.807) is 36.4 Å². The second kappa shape index (κ2) is 10.1. The van der Waals surface area contributed by atoms with E-state index in [4.69, 9.17) is 32.5 Å². The van der Waals surface area contributed by atoms with E-state index in [0.717, 1.165) is 12.8 Å². The van der Waals surface area contributed by atoms with Crippen molar-refractivity contribution in [1.82, 2.24) is 10.1 Å². The van der Waals surface area contributed by atoms with Gasteiger partial charge < -0.3 is 14.4 Å². The summed E-state index contributed by atoms with van der Waals surface area (Å²) in [5.41, 5.74) is 0.961. The maximum atomic E-state index is 14.2. The van der Waals surface area contributed by atoms with Gasteiger partial charge in [0.15, 0.2) is 5.69 Å². The number of ether oxygens (including phenoxy) is 1. The molecule has 4 aromatic rings. The van der Waals surface area contributed by atoms with Gasteiger partial charge in [-0.1, -0.05) is 58.7 Å². The molecule has 2 aliphatic rings. The Morgan fingerprint density at radius 1 is 1.00 bits per heavy atom. The molecule has 0 amide bonds. The van der Waals surface area contributed by atoms with E-state index in [1.807, 2.05) is 0 Å². The van der Waals surface area contributed by atoms with E-state index in [9.17, 15) is 23.1 Å². The highest BCUT2D eigenvalue weighted by Crippen LogP contribution is 2.57. The third-order valence-corrected chi connectivity index (χ3v) is 7.91. The van der Waals surface area contributed by atoms with Gasteiger partial charge in [0.05, 0.1) is 21.2 Å². The highest BCUT2D eigenvalue weighted by molar-refractivity contribution is 6.39. The second-order valence-corrected chi connectivity index (χ2v) is 10.8. The summed E-state index contributed by atoms with van der Waals surface area (Å²) in [5.74, 6) is -1.44. The number of carboxylic acids is 1. The summed E-state index contributed by atoms with van der Waals surface area (Å²) >= 11 is 12.8. The molecular formula is C29H21Cl2F3N2O4. The van der Waals surface area contributed by atoms with Crippen LogP contribution in [0.2, 0.25) is 10.0 Å². The fraction of sp³-hybridized carbons (Fsp3) is 0.276. The first kappa shape index (κ1) is 26.7. The van der Waals surface area contributed by atoms with Crippen molar-refractivity contribution >= 4 is 29.2 Å². The van der Waals surface area contributed by atoms with Crippen LogP contribution in [0.25, 0.3) is 11.3 Å². The molecule has 2 aromatic carbocycles. The van der Waals surface area contributed by atoms with Gasteiger partial charge in [-0.05, 0) is 60.4 Å². The molecule has 1 N–H and O–H groups in total. The van der Waals surface area contributed by atoms with Gasteiger partial charge in [0.25, 0.3) is 0 Å². The molecule has 2 saturated carbocycles. The second-order valence-electron chi connectivity index (χ2n) is 9.96. The first-order valence-electron chi connectivity index (χ1n) is 12.6. The summed E-state index contributed by atoms with van der Waals surface area (Å²) in [5, 5.41) is 14.4. The first-order chi connectivity index (χ1) is 19.1. The minimum absolute atomic E-state index is 0.0113. The molecule has 6 nitrogen and oxygen atoms in total. The average molecular weight is 589 g/mol. The molecule has 0 bridgehead atoms. The molecule has 2 atom stereocenters. The topological polar surface area (TPSA) is 85.5 Å². The number of hydrogen-bond donors (Lipinski definition) is 1. The monoisotopic (exact) mass is 588 g/mol. The van der Waals surface area contributed by atoms with Gasteiger partial charge >= 0.3 is 12.1 Å². The van der Waals surface area contributed by atoms with Gasteiger partial charge in [0.1, 0.15) is 18.1 Å². The highest BCUT2D eigenvalue weighted by atomic mass is 35.5. The van der Waals surface area contributed by atoms with Crippen molar-refractivity contribution in [3.8, 4) is 17.1 Å². The van der Waals surface area contributed by atoms with E-state index in [0.29, 0.717) is 44.6 Å². The number of alkyl halides is 3. The average Bonchev–Trinajstić information content (AvgIpc) is 3.85. The van der Waals surface area contributed by atoms with E-state index in [-0.39, 0.29) is 35.4 Å². The molecule has 0 radical (unpaired) electrons. The van der Waals surface area contributed by atoms with Crippen LogP contribution in [0.5, 0.6) is 5.88 Å². The molecule has 0 saturated heterocycles. The highest BCUT2D eigenvalue weighted by Gasteiger charge is 2.47. The normalized spacial score (nSPS) is 18.5. The maximum absolute atomic E-state index is 14.2. The summed E-state index contributed by atoms with van der Waals surface area (Å²) in [6.45, 7) is -0.145. The van der Waals surface area contributed by atoms with E-state index >= 15 is 0 Å². The SMILES string of the molecule is O=C(O)c1ccccc1C1CC1c1ccc(OCc2c(-c3c(Cl)cccc3Cl)noc2C2CC2)nc1C(F)(F)F. The predicted molar refractivity (Wildman–Crippen MR) is 141 cm³/mol. The van der Waals surface area contributed by atoms with Crippen molar-refractivity contribution in [3.63, 3.8) is 0 Å². The molecule has 0 spiro atoms. The number of hydrogen-bond acceptors (Lipinski definition) is 5. The van der Waals surface area contributed by atoms with E-state index in [1.165, 1.54) is 18.2 Å². The van der Waals surface area contributed by atoms with Gasteiger partial charge in [-0.25, -0.2) is 9.78 Å². The number of aromatic carboxylic acids is 1. The van der Waals surface area contributed by atoms with Crippen LogP contribution < -0.4 is 4.74 Å². The number of carbonyl (C=O) groups is 1. The molecule has 40 heavy (non-hydrogen) atoms. The third-order valence-electron chi connectivity index (χ3n) is 7.28. The number of aromatic nitrogens is 2. The summed E-state index contributed by atoms with van der Waals surface area (Å²) in [6.07, 6.45) is -2.54. The third kappa shape index (κ3) is 5.04.